The Morgan fingerprint density at radius 2 is 2.00 bits per heavy atom. The van der Waals surface area contributed by atoms with E-state index in [2.05, 4.69) is 19.2 Å². The molecule has 0 aromatic carbocycles. The van der Waals surface area contributed by atoms with Gasteiger partial charge in [0.2, 0.25) is 0 Å². The van der Waals surface area contributed by atoms with Gasteiger partial charge < -0.3 is 5.32 Å². The molecule has 0 amide bonds. The zero-order chi connectivity index (χ0) is 11.1. The maximum Gasteiger partial charge on any atom is 0.0266 e. The molecule has 0 spiro atoms. The molecule has 0 bridgehead atoms. The summed E-state index contributed by atoms with van der Waals surface area (Å²) in [4.78, 5) is 0. The third kappa shape index (κ3) is 5.21. The smallest absolute Gasteiger partial charge is 0.0266 e. The van der Waals surface area contributed by atoms with Crippen LogP contribution in [0.4, 0.5) is 0 Å². The van der Waals surface area contributed by atoms with Crippen LogP contribution in [0.2, 0.25) is 0 Å². The molecule has 90 valence electrons. The fourth-order valence-electron chi connectivity index (χ4n) is 2.46. The Kier molecular flexibility index (Phi) is 6.67. The Bertz CT molecular complexity index is 159. The summed E-state index contributed by atoms with van der Waals surface area (Å²) < 4.78 is 0. The van der Waals surface area contributed by atoms with Crippen LogP contribution in [0.1, 0.15) is 52.4 Å². The number of alkyl halides is 1. The van der Waals surface area contributed by atoms with Gasteiger partial charge >= 0.3 is 0 Å². The molecule has 1 N–H and O–H groups in total. The molecule has 1 fully saturated rings. The summed E-state index contributed by atoms with van der Waals surface area (Å²) in [6.07, 6.45) is 8.07. The van der Waals surface area contributed by atoms with Crippen LogP contribution in [0.5, 0.6) is 0 Å². The highest BCUT2D eigenvalue weighted by molar-refractivity contribution is 6.18. The lowest BCUT2D eigenvalue weighted by Crippen LogP contribution is -2.39. The second kappa shape index (κ2) is 7.51. The van der Waals surface area contributed by atoms with Crippen molar-refractivity contribution in [2.45, 2.75) is 58.4 Å². The fourth-order valence-corrected chi connectivity index (χ4v) is 2.83. The molecule has 0 saturated heterocycles. The minimum absolute atomic E-state index is 0.698. The van der Waals surface area contributed by atoms with Gasteiger partial charge in [0.05, 0.1) is 0 Å². The van der Waals surface area contributed by atoms with Crippen molar-refractivity contribution in [1.29, 1.82) is 0 Å². The summed E-state index contributed by atoms with van der Waals surface area (Å²) in [5.41, 5.74) is 0. The molecular weight excluding hydrogens is 206 g/mol. The van der Waals surface area contributed by atoms with Crippen molar-refractivity contribution in [1.82, 2.24) is 5.32 Å². The molecule has 0 radical (unpaired) electrons. The van der Waals surface area contributed by atoms with Gasteiger partial charge in [-0.3, -0.25) is 0 Å². The quantitative estimate of drug-likeness (QED) is 0.542. The lowest BCUT2D eigenvalue weighted by molar-refractivity contribution is 0.281. The Morgan fingerprint density at radius 1 is 1.27 bits per heavy atom. The number of hydrogen-bond acceptors (Lipinski definition) is 1. The number of nitrogens with one attached hydrogen (secondary N) is 1. The minimum Gasteiger partial charge on any atom is -0.314 e. The SMILES string of the molecule is CC(C)CCCNC1CCCCC1CCl. The van der Waals surface area contributed by atoms with Gasteiger partial charge in [-0.2, -0.15) is 0 Å². The lowest BCUT2D eigenvalue weighted by Gasteiger charge is -2.31. The van der Waals surface area contributed by atoms with E-state index < -0.39 is 0 Å². The van der Waals surface area contributed by atoms with E-state index in [1.54, 1.807) is 0 Å². The van der Waals surface area contributed by atoms with Crippen LogP contribution in [-0.2, 0) is 0 Å². The molecule has 2 atom stereocenters. The van der Waals surface area contributed by atoms with Crippen molar-refractivity contribution >= 4 is 11.6 Å². The highest BCUT2D eigenvalue weighted by Gasteiger charge is 2.23. The van der Waals surface area contributed by atoms with Crippen LogP contribution < -0.4 is 5.32 Å². The molecule has 1 rings (SSSR count). The second-order valence-electron chi connectivity index (χ2n) is 5.30. The summed E-state index contributed by atoms with van der Waals surface area (Å²) in [7, 11) is 0. The van der Waals surface area contributed by atoms with Crippen molar-refractivity contribution in [3.05, 3.63) is 0 Å². The predicted molar refractivity (Wildman–Crippen MR) is 68.5 cm³/mol. The molecule has 2 unspecified atom stereocenters. The van der Waals surface area contributed by atoms with E-state index in [1.165, 1.54) is 45.1 Å². The van der Waals surface area contributed by atoms with Crippen LogP contribution in [0, 0.1) is 11.8 Å². The van der Waals surface area contributed by atoms with Crippen LogP contribution in [0.15, 0.2) is 0 Å². The Morgan fingerprint density at radius 3 is 2.67 bits per heavy atom. The molecule has 1 saturated carbocycles. The fraction of sp³-hybridized carbons (Fsp3) is 1.00. The number of rotatable bonds is 6. The Hall–Kier alpha value is 0.250. The zero-order valence-corrected chi connectivity index (χ0v) is 11.0. The van der Waals surface area contributed by atoms with Gasteiger partial charge in [0.1, 0.15) is 0 Å². The monoisotopic (exact) mass is 231 g/mol. The number of hydrogen-bond donors (Lipinski definition) is 1. The average Bonchev–Trinajstić information content (AvgIpc) is 2.24. The third-order valence-electron chi connectivity index (χ3n) is 3.47. The summed E-state index contributed by atoms with van der Waals surface area (Å²) in [6.45, 7) is 5.76. The molecular formula is C13H26ClN. The maximum atomic E-state index is 6.00. The lowest BCUT2D eigenvalue weighted by atomic mass is 9.85. The molecule has 0 aromatic heterocycles. The van der Waals surface area contributed by atoms with E-state index in [-0.39, 0.29) is 0 Å². The average molecular weight is 232 g/mol. The van der Waals surface area contributed by atoms with Gasteiger partial charge in [0, 0.05) is 11.9 Å². The van der Waals surface area contributed by atoms with Crippen molar-refractivity contribution < 1.29 is 0 Å². The van der Waals surface area contributed by atoms with Gasteiger partial charge in [-0.15, -0.1) is 11.6 Å². The Labute approximate surface area is 100.0 Å². The largest absolute Gasteiger partial charge is 0.314 e. The molecule has 0 aromatic rings. The van der Waals surface area contributed by atoms with Crippen LogP contribution in [0.3, 0.4) is 0 Å². The first kappa shape index (κ1) is 13.3. The molecule has 1 nitrogen and oxygen atoms in total. The third-order valence-corrected chi connectivity index (χ3v) is 3.87. The summed E-state index contributed by atoms with van der Waals surface area (Å²) in [5.74, 6) is 2.39. The first-order chi connectivity index (χ1) is 7.24. The van der Waals surface area contributed by atoms with E-state index in [1.807, 2.05) is 0 Å². The second-order valence-corrected chi connectivity index (χ2v) is 5.60. The van der Waals surface area contributed by atoms with E-state index in [9.17, 15) is 0 Å². The first-order valence-corrected chi connectivity index (χ1v) is 7.07. The zero-order valence-electron chi connectivity index (χ0n) is 10.3. The summed E-state index contributed by atoms with van der Waals surface area (Å²) in [6, 6.07) is 0.698. The molecule has 0 aliphatic heterocycles. The number of halogens is 1. The molecule has 2 heteroatoms. The van der Waals surface area contributed by atoms with Crippen molar-refractivity contribution in [3.63, 3.8) is 0 Å². The standard InChI is InChI=1S/C13H26ClN/c1-11(2)6-5-9-15-13-8-4-3-7-12(13)10-14/h11-13,15H,3-10H2,1-2H3. The van der Waals surface area contributed by atoms with Crippen molar-refractivity contribution in [2.75, 3.05) is 12.4 Å². The van der Waals surface area contributed by atoms with E-state index in [0.717, 1.165) is 17.7 Å². The van der Waals surface area contributed by atoms with E-state index >= 15 is 0 Å². The van der Waals surface area contributed by atoms with Crippen LogP contribution >= 0.6 is 11.6 Å². The maximum absolute atomic E-state index is 6.00. The predicted octanol–water partition coefficient (Wildman–Crippen LogP) is 3.81. The minimum atomic E-state index is 0.698. The van der Waals surface area contributed by atoms with Gasteiger partial charge in [-0.05, 0) is 44.1 Å². The molecule has 1 aliphatic carbocycles. The first-order valence-electron chi connectivity index (χ1n) is 6.53. The Balaban J connectivity index is 2.12. The highest BCUT2D eigenvalue weighted by atomic mass is 35.5. The van der Waals surface area contributed by atoms with E-state index in [4.69, 9.17) is 11.6 Å². The van der Waals surface area contributed by atoms with Crippen LogP contribution in [0.25, 0.3) is 0 Å². The van der Waals surface area contributed by atoms with Gasteiger partial charge in [-0.1, -0.05) is 26.7 Å². The van der Waals surface area contributed by atoms with Gasteiger partial charge in [0.25, 0.3) is 0 Å². The highest BCUT2D eigenvalue weighted by Crippen LogP contribution is 2.25. The topological polar surface area (TPSA) is 12.0 Å². The molecule has 0 heterocycles. The normalized spacial score (nSPS) is 27.2. The van der Waals surface area contributed by atoms with Gasteiger partial charge in [0.15, 0.2) is 0 Å². The molecule has 15 heavy (non-hydrogen) atoms. The van der Waals surface area contributed by atoms with Crippen molar-refractivity contribution in [2.24, 2.45) is 11.8 Å². The summed E-state index contributed by atoms with van der Waals surface area (Å²) >= 11 is 6.00. The summed E-state index contributed by atoms with van der Waals surface area (Å²) in [5, 5.41) is 3.69. The molecule has 1 aliphatic rings. The van der Waals surface area contributed by atoms with Crippen molar-refractivity contribution in [3.8, 4) is 0 Å². The van der Waals surface area contributed by atoms with E-state index in [0.29, 0.717) is 6.04 Å². The van der Waals surface area contributed by atoms with Crippen LogP contribution in [-0.4, -0.2) is 18.5 Å². The van der Waals surface area contributed by atoms with Gasteiger partial charge in [-0.25, -0.2) is 0 Å².